The first-order chi connectivity index (χ1) is 7.45. The van der Waals surface area contributed by atoms with Gasteiger partial charge in [0.1, 0.15) is 0 Å². The molecule has 1 aliphatic heterocycles. The van der Waals surface area contributed by atoms with Crippen LogP contribution >= 0.6 is 0 Å². The second kappa shape index (κ2) is 3.51. The zero-order valence-corrected chi connectivity index (χ0v) is 8.46. The number of aromatic nitrogens is 2. The van der Waals surface area contributed by atoms with Crippen LogP contribution in [0.1, 0.15) is 12.0 Å². The Morgan fingerprint density at radius 3 is 3.20 bits per heavy atom. The van der Waals surface area contributed by atoms with Crippen LogP contribution in [-0.4, -0.2) is 23.1 Å². The molecule has 2 aromatic rings. The Balaban J connectivity index is 2.14. The third-order valence-corrected chi connectivity index (χ3v) is 2.86. The third-order valence-electron chi connectivity index (χ3n) is 2.86. The normalized spacial score (nSPS) is 16.7. The first kappa shape index (κ1) is 8.68. The Morgan fingerprint density at radius 2 is 2.33 bits per heavy atom. The largest absolute Gasteiger partial charge is 0.360 e. The van der Waals surface area contributed by atoms with Crippen LogP contribution in [0.4, 0.5) is 0 Å². The fourth-order valence-electron chi connectivity index (χ4n) is 2.08. The third kappa shape index (κ3) is 1.45. The maximum Gasteiger partial charge on any atom is 0.0491 e. The van der Waals surface area contributed by atoms with Gasteiger partial charge in [-0.15, -0.1) is 0 Å². The number of pyridine rings is 1. The molecule has 3 nitrogen and oxygen atoms in total. The minimum absolute atomic E-state index is 0.960. The zero-order valence-electron chi connectivity index (χ0n) is 8.46. The van der Waals surface area contributed by atoms with Crippen LogP contribution < -0.4 is 5.32 Å². The number of nitrogens with one attached hydrogen (secondary N) is 2. The van der Waals surface area contributed by atoms with E-state index >= 15 is 0 Å². The summed E-state index contributed by atoms with van der Waals surface area (Å²) in [5.74, 6) is 0. The molecule has 0 spiro atoms. The summed E-state index contributed by atoms with van der Waals surface area (Å²) >= 11 is 0. The summed E-state index contributed by atoms with van der Waals surface area (Å²) in [7, 11) is 0. The van der Waals surface area contributed by atoms with E-state index in [1.807, 2.05) is 18.5 Å². The van der Waals surface area contributed by atoms with Crippen LogP contribution in [0.5, 0.6) is 0 Å². The molecule has 0 unspecified atom stereocenters. The van der Waals surface area contributed by atoms with Gasteiger partial charge in [-0.2, -0.15) is 0 Å². The van der Waals surface area contributed by atoms with Crippen molar-refractivity contribution in [2.75, 3.05) is 13.1 Å². The predicted molar refractivity (Wildman–Crippen MR) is 61.6 cm³/mol. The highest BCUT2D eigenvalue weighted by molar-refractivity contribution is 5.92. The maximum atomic E-state index is 4.17. The summed E-state index contributed by atoms with van der Waals surface area (Å²) in [6.07, 6.45) is 9.24. The van der Waals surface area contributed by atoms with E-state index in [1.54, 1.807) is 0 Å². The fraction of sp³-hybridized carbons (Fsp3) is 0.250. The van der Waals surface area contributed by atoms with E-state index in [0.29, 0.717) is 0 Å². The monoisotopic (exact) mass is 199 g/mol. The van der Waals surface area contributed by atoms with Crippen molar-refractivity contribution in [1.29, 1.82) is 0 Å². The lowest BCUT2D eigenvalue weighted by molar-refractivity contribution is 0.739. The summed E-state index contributed by atoms with van der Waals surface area (Å²) in [4.78, 5) is 7.45. The van der Waals surface area contributed by atoms with Crippen molar-refractivity contribution in [3.8, 4) is 0 Å². The molecule has 2 aromatic heterocycles. The lowest BCUT2D eigenvalue weighted by atomic mass is 10.0. The number of fused-ring (bicyclic) bond motifs is 1. The minimum atomic E-state index is 0.960. The number of rotatable bonds is 1. The Hall–Kier alpha value is -1.61. The van der Waals surface area contributed by atoms with Crippen LogP contribution in [-0.2, 0) is 0 Å². The standard InChI is InChI=1S/C12H13N3/c1-2-9(6-13-4-1)10-8-15-12-3-5-14-7-11(10)12/h2-3,5,7-8,13,15H,1,4,6H2. The highest BCUT2D eigenvalue weighted by Gasteiger charge is 2.10. The molecular weight excluding hydrogens is 186 g/mol. The Bertz CT molecular complexity index is 510. The van der Waals surface area contributed by atoms with Crippen molar-refractivity contribution in [2.24, 2.45) is 0 Å². The van der Waals surface area contributed by atoms with Gasteiger partial charge in [0.2, 0.25) is 0 Å². The quantitative estimate of drug-likeness (QED) is 0.737. The Labute approximate surface area is 88.2 Å². The average Bonchev–Trinajstić information content (AvgIpc) is 2.74. The maximum absolute atomic E-state index is 4.17. The first-order valence-corrected chi connectivity index (χ1v) is 5.26. The SMILES string of the molecule is C1=C(c2c[nH]c3ccncc23)CNCC1. The minimum Gasteiger partial charge on any atom is -0.360 e. The van der Waals surface area contributed by atoms with E-state index in [2.05, 4.69) is 27.6 Å². The zero-order chi connectivity index (χ0) is 10.1. The van der Waals surface area contributed by atoms with Gasteiger partial charge < -0.3 is 10.3 Å². The number of nitrogens with zero attached hydrogens (tertiary/aromatic N) is 1. The number of H-pyrrole nitrogens is 1. The Kier molecular flexibility index (Phi) is 2.03. The predicted octanol–water partition coefficient (Wildman–Crippen LogP) is 1.94. The molecule has 76 valence electrons. The van der Waals surface area contributed by atoms with Gasteiger partial charge in [0.25, 0.3) is 0 Å². The van der Waals surface area contributed by atoms with Crippen molar-refractivity contribution < 1.29 is 0 Å². The number of hydrogen-bond donors (Lipinski definition) is 2. The van der Waals surface area contributed by atoms with Crippen molar-refractivity contribution in [1.82, 2.24) is 15.3 Å². The highest BCUT2D eigenvalue weighted by Crippen LogP contribution is 2.24. The topological polar surface area (TPSA) is 40.7 Å². The van der Waals surface area contributed by atoms with Gasteiger partial charge in [0, 0.05) is 41.6 Å². The van der Waals surface area contributed by atoms with E-state index < -0.39 is 0 Å². The summed E-state index contributed by atoms with van der Waals surface area (Å²) in [6, 6.07) is 2.01. The van der Waals surface area contributed by atoms with Crippen LogP contribution in [0.25, 0.3) is 16.5 Å². The van der Waals surface area contributed by atoms with Crippen molar-refractivity contribution in [3.05, 3.63) is 36.3 Å². The molecular formula is C12H13N3. The van der Waals surface area contributed by atoms with Gasteiger partial charge >= 0.3 is 0 Å². The van der Waals surface area contributed by atoms with Crippen LogP contribution in [0.2, 0.25) is 0 Å². The van der Waals surface area contributed by atoms with E-state index in [-0.39, 0.29) is 0 Å². The lowest BCUT2D eigenvalue weighted by Gasteiger charge is -2.13. The summed E-state index contributed by atoms with van der Waals surface area (Å²) in [5.41, 5.74) is 3.82. The second-order valence-electron chi connectivity index (χ2n) is 3.82. The van der Waals surface area contributed by atoms with E-state index in [9.17, 15) is 0 Å². The first-order valence-electron chi connectivity index (χ1n) is 5.26. The molecule has 0 aliphatic carbocycles. The van der Waals surface area contributed by atoms with E-state index in [0.717, 1.165) is 25.0 Å². The van der Waals surface area contributed by atoms with Gasteiger partial charge in [0.15, 0.2) is 0 Å². The van der Waals surface area contributed by atoms with Crippen molar-refractivity contribution >= 4 is 16.5 Å². The Morgan fingerprint density at radius 1 is 1.33 bits per heavy atom. The van der Waals surface area contributed by atoms with Crippen LogP contribution in [0, 0.1) is 0 Å². The molecule has 0 saturated heterocycles. The van der Waals surface area contributed by atoms with Crippen LogP contribution in [0.3, 0.4) is 0 Å². The highest BCUT2D eigenvalue weighted by atomic mass is 14.9. The average molecular weight is 199 g/mol. The van der Waals surface area contributed by atoms with E-state index in [4.69, 9.17) is 0 Å². The summed E-state index contributed by atoms with van der Waals surface area (Å²) in [5, 5.41) is 4.60. The second-order valence-corrected chi connectivity index (χ2v) is 3.82. The van der Waals surface area contributed by atoms with Gasteiger partial charge in [0.05, 0.1) is 0 Å². The van der Waals surface area contributed by atoms with Gasteiger partial charge in [-0.25, -0.2) is 0 Å². The smallest absolute Gasteiger partial charge is 0.0491 e. The molecule has 0 fully saturated rings. The molecule has 0 aromatic carbocycles. The van der Waals surface area contributed by atoms with E-state index in [1.165, 1.54) is 16.5 Å². The molecule has 0 saturated carbocycles. The molecule has 3 rings (SSSR count). The van der Waals surface area contributed by atoms with Crippen molar-refractivity contribution in [2.45, 2.75) is 6.42 Å². The summed E-state index contributed by atoms with van der Waals surface area (Å²) in [6.45, 7) is 2.05. The molecule has 0 atom stereocenters. The summed E-state index contributed by atoms with van der Waals surface area (Å²) < 4.78 is 0. The molecule has 3 heteroatoms. The molecule has 0 bridgehead atoms. The lowest BCUT2D eigenvalue weighted by Crippen LogP contribution is -2.21. The van der Waals surface area contributed by atoms with Gasteiger partial charge in [-0.05, 0) is 24.6 Å². The molecule has 1 aliphatic rings. The number of aromatic amines is 1. The molecule has 2 N–H and O–H groups in total. The molecule has 0 amide bonds. The van der Waals surface area contributed by atoms with Gasteiger partial charge in [-0.1, -0.05) is 6.08 Å². The van der Waals surface area contributed by atoms with Gasteiger partial charge in [-0.3, -0.25) is 4.98 Å². The number of hydrogen-bond acceptors (Lipinski definition) is 2. The molecule has 3 heterocycles. The molecule has 0 radical (unpaired) electrons. The molecule has 15 heavy (non-hydrogen) atoms. The van der Waals surface area contributed by atoms with Crippen molar-refractivity contribution in [3.63, 3.8) is 0 Å². The fourth-order valence-corrected chi connectivity index (χ4v) is 2.08. The van der Waals surface area contributed by atoms with Crippen LogP contribution in [0.15, 0.2) is 30.7 Å².